The second-order valence-electron chi connectivity index (χ2n) is 6.11. The van der Waals surface area contributed by atoms with Crippen LogP contribution in [-0.4, -0.2) is 70.3 Å². The highest BCUT2D eigenvalue weighted by Crippen LogP contribution is 2.27. The molecule has 0 saturated carbocycles. The van der Waals surface area contributed by atoms with E-state index in [-0.39, 0.29) is 0 Å². The van der Waals surface area contributed by atoms with Gasteiger partial charge in [-0.25, -0.2) is 4.98 Å². The number of aromatic amines is 1. The van der Waals surface area contributed by atoms with Crippen molar-refractivity contribution in [2.75, 3.05) is 50.0 Å². The van der Waals surface area contributed by atoms with Crippen molar-refractivity contribution in [2.24, 2.45) is 5.92 Å². The average molecular weight is 303 g/mol. The third kappa shape index (κ3) is 2.28. The highest BCUT2D eigenvalue weighted by Gasteiger charge is 2.35. The van der Waals surface area contributed by atoms with Crippen molar-refractivity contribution in [3.63, 3.8) is 0 Å². The van der Waals surface area contributed by atoms with Gasteiger partial charge in [0.25, 0.3) is 0 Å². The van der Waals surface area contributed by atoms with E-state index in [2.05, 4.69) is 36.7 Å². The summed E-state index contributed by atoms with van der Waals surface area (Å²) in [5, 5.41) is 0. The first-order valence-corrected chi connectivity index (χ1v) is 7.75. The van der Waals surface area contributed by atoms with Crippen molar-refractivity contribution in [3.8, 4) is 0 Å². The van der Waals surface area contributed by atoms with Crippen molar-refractivity contribution < 1.29 is 4.74 Å². The van der Waals surface area contributed by atoms with Crippen LogP contribution in [0.2, 0.25) is 0 Å². The Balaban J connectivity index is 1.57. The van der Waals surface area contributed by atoms with Gasteiger partial charge in [-0.05, 0) is 5.92 Å². The maximum atomic E-state index is 6.01. The van der Waals surface area contributed by atoms with Crippen LogP contribution in [0.1, 0.15) is 6.92 Å². The summed E-state index contributed by atoms with van der Waals surface area (Å²) in [6, 6.07) is 0.517. The number of aromatic nitrogens is 4. The van der Waals surface area contributed by atoms with Gasteiger partial charge >= 0.3 is 0 Å². The SMILES string of the molecule is CC1CN(c2nc(N)c3[nH]cnc3n2)CC1N1CCOCC1. The van der Waals surface area contributed by atoms with Gasteiger partial charge in [-0.3, -0.25) is 4.90 Å². The molecule has 0 aromatic carbocycles. The van der Waals surface area contributed by atoms with Gasteiger partial charge in [0.15, 0.2) is 11.5 Å². The number of morpholine rings is 1. The molecule has 0 aliphatic carbocycles. The zero-order valence-corrected chi connectivity index (χ0v) is 12.7. The van der Waals surface area contributed by atoms with Gasteiger partial charge in [-0.2, -0.15) is 9.97 Å². The third-order valence-corrected chi connectivity index (χ3v) is 4.67. The molecule has 2 aromatic heterocycles. The van der Waals surface area contributed by atoms with E-state index >= 15 is 0 Å². The lowest BCUT2D eigenvalue weighted by Gasteiger charge is -2.33. The Bertz CT molecular complexity index is 666. The molecule has 2 aliphatic rings. The molecular weight excluding hydrogens is 282 g/mol. The summed E-state index contributed by atoms with van der Waals surface area (Å²) in [5.41, 5.74) is 7.34. The topological polar surface area (TPSA) is 96.2 Å². The van der Waals surface area contributed by atoms with Crippen LogP contribution in [0.5, 0.6) is 0 Å². The lowest BCUT2D eigenvalue weighted by molar-refractivity contribution is 0.0134. The minimum Gasteiger partial charge on any atom is -0.382 e. The molecule has 4 rings (SSSR count). The van der Waals surface area contributed by atoms with Crippen LogP contribution >= 0.6 is 0 Å². The van der Waals surface area contributed by atoms with Gasteiger partial charge in [0, 0.05) is 32.2 Å². The highest BCUT2D eigenvalue weighted by atomic mass is 16.5. The minimum atomic E-state index is 0.458. The van der Waals surface area contributed by atoms with E-state index in [1.54, 1.807) is 6.33 Å². The predicted octanol–water partition coefficient (Wildman–Crippen LogP) is 0.0920. The number of nitrogens with two attached hydrogens (primary N) is 1. The van der Waals surface area contributed by atoms with Crippen LogP contribution in [-0.2, 0) is 4.74 Å². The fraction of sp³-hybridized carbons (Fsp3) is 0.643. The first-order chi connectivity index (χ1) is 10.7. The number of ether oxygens (including phenoxy) is 1. The number of nitrogens with zero attached hydrogens (tertiary/aromatic N) is 5. The molecule has 2 saturated heterocycles. The first-order valence-electron chi connectivity index (χ1n) is 7.75. The number of anilines is 2. The molecule has 4 heterocycles. The molecule has 2 atom stereocenters. The molecule has 22 heavy (non-hydrogen) atoms. The van der Waals surface area contributed by atoms with Crippen LogP contribution in [0.3, 0.4) is 0 Å². The molecule has 8 heteroatoms. The van der Waals surface area contributed by atoms with Crippen molar-refractivity contribution in [1.29, 1.82) is 0 Å². The first kappa shape index (κ1) is 13.7. The Kier molecular flexibility index (Phi) is 3.34. The number of H-pyrrole nitrogens is 1. The fourth-order valence-electron chi connectivity index (χ4n) is 3.48. The van der Waals surface area contributed by atoms with E-state index < -0.39 is 0 Å². The number of imidazole rings is 1. The lowest BCUT2D eigenvalue weighted by Crippen LogP contribution is -2.46. The Morgan fingerprint density at radius 2 is 2.09 bits per heavy atom. The molecule has 118 valence electrons. The Morgan fingerprint density at radius 3 is 2.91 bits per heavy atom. The number of nitrogens with one attached hydrogen (secondary N) is 1. The lowest BCUT2D eigenvalue weighted by atomic mass is 10.0. The minimum absolute atomic E-state index is 0.458. The van der Waals surface area contributed by atoms with Crippen molar-refractivity contribution in [1.82, 2.24) is 24.8 Å². The summed E-state index contributed by atoms with van der Waals surface area (Å²) in [6.45, 7) is 7.82. The number of fused-ring (bicyclic) bond motifs is 1. The van der Waals surface area contributed by atoms with Crippen LogP contribution in [0.25, 0.3) is 11.2 Å². The molecule has 0 bridgehead atoms. The summed E-state index contributed by atoms with van der Waals surface area (Å²) in [7, 11) is 0. The van der Waals surface area contributed by atoms with Crippen LogP contribution in [0.15, 0.2) is 6.33 Å². The number of hydrogen-bond acceptors (Lipinski definition) is 7. The third-order valence-electron chi connectivity index (χ3n) is 4.67. The molecule has 2 aromatic rings. The largest absolute Gasteiger partial charge is 0.382 e. The van der Waals surface area contributed by atoms with Gasteiger partial charge in [0.2, 0.25) is 5.95 Å². The molecule has 0 radical (unpaired) electrons. The number of nitrogen functional groups attached to an aromatic ring is 1. The van der Waals surface area contributed by atoms with Gasteiger partial charge in [-0.1, -0.05) is 6.92 Å². The summed E-state index contributed by atoms with van der Waals surface area (Å²) in [4.78, 5) is 20.9. The summed E-state index contributed by atoms with van der Waals surface area (Å²) in [6.07, 6.45) is 1.60. The zero-order valence-electron chi connectivity index (χ0n) is 12.7. The number of hydrogen-bond donors (Lipinski definition) is 2. The number of rotatable bonds is 2. The molecular formula is C14H21N7O. The maximum Gasteiger partial charge on any atom is 0.229 e. The van der Waals surface area contributed by atoms with Crippen molar-refractivity contribution in [2.45, 2.75) is 13.0 Å². The van der Waals surface area contributed by atoms with Gasteiger partial charge in [-0.15, -0.1) is 0 Å². The predicted molar refractivity (Wildman–Crippen MR) is 83.7 cm³/mol. The smallest absolute Gasteiger partial charge is 0.229 e. The molecule has 0 spiro atoms. The molecule has 2 unspecified atom stereocenters. The van der Waals surface area contributed by atoms with Crippen molar-refractivity contribution >= 4 is 22.9 Å². The Hall–Kier alpha value is -1.93. The normalized spacial score (nSPS) is 26.9. The molecule has 0 amide bonds. The second-order valence-corrected chi connectivity index (χ2v) is 6.11. The molecule has 8 nitrogen and oxygen atoms in total. The molecule has 2 fully saturated rings. The molecule has 2 aliphatic heterocycles. The van der Waals surface area contributed by atoms with Crippen LogP contribution in [0.4, 0.5) is 11.8 Å². The zero-order chi connectivity index (χ0) is 15.1. The summed E-state index contributed by atoms with van der Waals surface area (Å²) in [5.74, 6) is 1.71. The Morgan fingerprint density at radius 1 is 1.27 bits per heavy atom. The summed E-state index contributed by atoms with van der Waals surface area (Å²) < 4.78 is 5.45. The van der Waals surface area contributed by atoms with Crippen LogP contribution in [0, 0.1) is 5.92 Å². The molecule has 3 N–H and O–H groups in total. The van der Waals surface area contributed by atoms with E-state index in [0.717, 1.165) is 39.4 Å². The van der Waals surface area contributed by atoms with E-state index in [9.17, 15) is 0 Å². The van der Waals surface area contributed by atoms with Crippen LogP contribution < -0.4 is 10.6 Å². The quantitative estimate of drug-likeness (QED) is 0.811. The highest BCUT2D eigenvalue weighted by molar-refractivity contribution is 5.82. The maximum absolute atomic E-state index is 6.01. The van der Waals surface area contributed by atoms with E-state index in [0.29, 0.717) is 34.9 Å². The van der Waals surface area contributed by atoms with Gasteiger partial charge in [0.05, 0.1) is 19.5 Å². The Labute approximate surface area is 128 Å². The average Bonchev–Trinajstić information content (AvgIpc) is 3.15. The monoisotopic (exact) mass is 303 g/mol. The van der Waals surface area contributed by atoms with E-state index in [4.69, 9.17) is 10.5 Å². The second kappa shape index (κ2) is 5.36. The van der Waals surface area contributed by atoms with E-state index in [1.165, 1.54) is 0 Å². The van der Waals surface area contributed by atoms with E-state index in [1.807, 2.05) is 0 Å². The standard InChI is InChI=1S/C14H21N7O/c1-9-6-21(7-10(9)20-2-4-22-5-3-20)14-18-12(15)11-13(19-14)17-8-16-11/h8-10H,2-7H2,1H3,(H3,15,16,17,18,19). The van der Waals surface area contributed by atoms with Gasteiger partial charge < -0.3 is 20.4 Å². The summed E-state index contributed by atoms with van der Waals surface area (Å²) >= 11 is 0. The van der Waals surface area contributed by atoms with Crippen molar-refractivity contribution in [3.05, 3.63) is 6.33 Å². The fourth-order valence-corrected chi connectivity index (χ4v) is 3.48. The van der Waals surface area contributed by atoms with Gasteiger partial charge in [0.1, 0.15) is 5.52 Å².